The molecule has 18 heavy (non-hydrogen) atoms. The van der Waals surface area contributed by atoms with Crippen molar-refractivity contribution in [3.63, 3.8) is 0 Å². The zero-order valence-corrected chi connectivity index (χ0v) is 9.64. The maximum Gasteiger partial charge on any atom is 0.284 e. The number of fused-ring (bicyclic) bond motifs is 1. The highest BCUT2D eigenvalue weighted by atomic mass is 16.7. The zero-order valence-electron chi connectivity index (χ0n) is 9.64. The average Bonchev–Trinajstić information content (AvgIpc) is 2.43. The van der Waals surface area contributed by atoms with Gasteiger partial charge in [-0.25, -0.2) is 0 Å². The number of carbonyl (C=O) groups is 1. The van der Waals surface area contributed by atoms with Crippen LogP contribution in [-0.4, -0.2) is 5.91 Å². The summed E-state index contributed by atoms with van der Waals surface area (Å²) in [6.45, 7) is 3.83. The van der Waals surface area contributed by atoms with Gasteiger partial charge >= 0.3 is 0 Å². The number of nitrogens with one attached hydrogen (secondary N) is 1. The number of hydrogen-bond donors (Lipinski definition) is 1. The predicted octanol–water partition coefficient (Wildman–Crippen LogP) is 2.79. The Labute approximate surface area is 105 Å². The summed E-state index contributed by atoms with van der Waals surface area (Å²) in [5.41, 5.74) is 5.50. The largest absolute Gasteiger partial charge is 0.379 e. The first-order valence-corrected chi connectivity index (χ1v) is 5.62. The molecule has 0 aliphatic carbocycles. The molecule has 0 aromatic heterocycles. The molecule has 0 unspecified atom stereocenters. The number of benzene rings is 2. The summed E-state index contributed by atoms with van der Waals surface area (Å²) in [6, 6.07) is 15.5. The summed E-state index contributed by atoms with van der Waals surface area (Å²) in [5, 5.41) is 0. The van der Waals surface area contributed by atoms with Crippen LogP contribution in [0, 0.1) is 0 Å². The molecule has 3 nitrogen and oxygen atoms in total. The van der Waals surface area contributed by atoms with Gasteiger partial charge in [-0.15, -0.1) is 0 Å². The minimum atomic E-state index is -0.300. The summed E-state index contributed by atoms with van der Waals surface area (Å²) >= 11 is 0. The van der Waals surface area contributed by atoms with E-state index in [0.29, 0.717) is 11.3 Å². The van der Waals surface area contributed by atoms with E-state index < -0.39 is 0 Å². The van der Waals surface area contributed by atoms with Gasteiger partial charge in [0.05, 0.1) is 0 Å². The SMILES string of the molecule is C=C1C(=O)NOc2cccc(-c3ccccc3)c21. The van der Waals surface area contributed by atoms with Gasteiger partial charge in [0.15, 0.2) is 5.75 Å². The minimum Gasteiger partial charge on any atom is -0.379 e. The Bertz CT molecular complexity index is 632. The lowest BCUT2D eigenvalue weighted by molar-refractivity contribution is -0.122. The molecule has 0 radical (unpaired) electrons. The van der Waals surface area contributed by atoms with E-state index in [4.69, 9.17) is 4.84 Å². The maximum atomic E-state index is 11.6. The monoisotopic (exact) mass is 237 g/mol. The first-order valence-electron chi connectivity index (χ1n) is 5.62. The quantitative estimate of drug-likeness (QED) is 0.774. The van der Waals surface area contributed by atoms with E-state index >= 15 is 0 Å². The number of rotatable bonds is 1. The van der Waals surface area contributed by atoms with E-state index in [1.165, 1.54) is 0 Å². The molecule has 2 aromatic carbocycles. The second-order valence-electron chi connectivity index (χ2n) is 4.06. The fraction of sp³-hybridized carbons (Fsp3) is 0. The van der Waals surface area contributed by atoms with Gasteiger partial charge in [0, 0.05) is 11.1 Å². The zero-order chi connectivity index (χ0) is 12.5. The lowest BCUT2D eigenvalue weighted by Gasteiger charge is -2.21. The van der Waals surface area contributed by atoms with Gasteiger partial charge in [-0.05, 0) is 17.2 Å². The van der Waals surface area contributed by atoms with Crippen molar-refractivity contribution in [1.29, 1.82) is 0 Å². The van der Waals surface area contributed by atoms with Crippen LogP contribution in [-0.2, 0) is 4.79 Å². The van der Waals surface area contributed by atoms with Gasteiger partial charge in [-0.3, -0.25) is 4.79 Å². The normalized spacial score (nSPS) is 13.6. The second-order valence-corrected chi connectivity index (χ2v) is 4.06. The Morgan fingerprint density at radius 2 is 1.78 bits per heavy atom. The maximum absolute atomic E-state index is 11.6. The molecule has 0 fully saturated rings. The van der Waals surface area contributed by atoms with Crippen LogP contribution >= 0.6 is 0 Å². The van der Waals surface area contributed by atoms with Crippen LogP contribution in [0.25, 0.3) is 16.7 Å². The van der Waals surface area contributed by atoms with Crippen molar-refractivity contribution in [3.8, 4) is 16.9 Å². The fourth-order valence-corrected chi connectivity index (χ4v) is 2.06. The van der Waals surface area contributed by atoms with Gasteiger partial charge in [0.25, 0.3) is 5.91 Å². The van der Waals surface area contributed by atoms with E-state index in [9.17, 15) is 4.79 Å². The van der Waals surface area contributed by atoms with Gasteiger partial charge in [-0.1, -0.05) is 49.0 Å². The first kappa shape index (κ1) is 10.6. The minimum absolute atomic E-state index is 0.300. The molecule has 1 heterocycles. The molecule has 0 saturated heterocycles. The average molecular weight is 237 g/mol. The van der Waals surface area contributed by atoms with E-state index in [0.717, 1.165) is 16.7 Å². The molecule has 3 rings (SSSR count). The van der Waals surface area contributed by atoms with E-state index in [2.05, 4.69) is 12.1 Å². The van der Waals surface area contributed by atoms with Crippen molar-refractivity contribution in [2.75, 3.05) is 0 Å². The van der Waals surface area contributed by atoms with Crippen LogP contribution in [0.3, 0.4) is 0 Å². The predicted molar refractivity (Wildman–Crippen MR) is 69.7 cm³/mol. The standard InChI is InChI=1S/C15H11NO2/c1-10-14-12(11-6-3-2-4-7-11)8-5-9-13(14)18-16-15(10)17/h2-9H,1H2,(H,16,17). The second kappa shape index (κ2) is 4.04. The molecule has 1 N–H and O–H groups in total. The summed E-state index contributed by atoms with van der Waals surface area (Å²) in [7, 11) is 0. The fourth-order valence-electron chi connectivity index (χ4n) is 2.06. The molecule has 1 aliphatic heterocycles. The Morgan fingerprint density at radius 1 is 1.00 bits per heavy atom. The third-order valence-electron chi connectivity index (χ3n) is 2.94. The molecule has 1 amide bonds. The highest BCUT2D eigenvalue weighted by Crippen LogP contribution is 2.37. The number of hydroxylamine groups is 1. The van der Waals surface area contributed by atoms with Gasteiger partial charge in [-0.2, -0.15) is 5.48 Å². The Hall–Kier alpha value is -2.55. The third kappa shape index (κ3) is 1.57. The van der Waals surface area contributed by atoms with Crippen molar-refractivity contribution in [1.82, 2.24) is 5.48 Å². The van der Waals surface area contributed by atoms with Crippen molar-refractivity contribution in [3.05, 3.63) is 60.7 Å². The van der Waals surface area contributed by atoms with Crippen LogP contribution in [0.1, 0.15) is 5.56 Å². The summed E-state index contributed by atoms with van der Waals surface area (Å²) in [5.74, 6) is 0.326. The van der Waals surface area contributed by atoms with Gasteiger partial charge in [0.2, 0.25) is 0 Å². The van der Waals surface area contributed by atoms with Crippen molar-refractivity contribution in [2.45, 2.75) is 0 Å². The van der Waals surface area contributed by atoms with Crippen LogP contribution in [0.4, 0.5) is 0 Å². The summed E-state index contributed by atoms with van der Waals surface area (Å²) < 4.78 is 0. The smallest absolute Gasteiger partial charge is 0.284 e. The molecule has 0 spiro atoms. The molecule has 0 atom stereocenters. The van der Waals surface area contributed by atoms with Crippen LogP contribution in [0.15, 0.2) is 55.1 Å². The van der Waals surface area contributed by atoms with Crippen molar-refractivity contribution in [2.24, 2.45) is 0 Å². The lowest BCUT2D eigenvalue weighted by Crippen LogP contribution is -2.32. The van der Waals surface area contributed by atoms with Crippen molar-refractivity contribution < 1.29 is 9.63 Å². The van der Waals surface area contributed by atoms with Crippen molar-refractivity contribution >= 4 is 11.5 Å². The highest BCUT2D eigenvalue weighted by Gasteiger charge is 2.24. The molecular formula is C15H11NO2. The molecule has 2 aromatic rings. The summed E-state index contributed by atoms with van der Waals surface area (Å²) in [6.07, 6.45) is 0. The topological polar surface area (TPSA) is 38.3 Å². The molecular weight excluding hydrogens is 226 g/mol. The lowest BCUT2D eigenvalue weighted by atomic mass is 9.93. The molecule has 0 saturated carbocycles. The number of amides is 1. The van der Waals surface area contributed by atoms with Crippen LogP contribution in [0.2, 0.25) is 0 Å². The molecule has 88 valence electrons. The van der Waals surface area contributed by atoms with Gasteiger partial charge in [0.1, 0.15) is 0 Å². The Morgan fingerprint density at radius 3 is 2.56 bits per heavy atom. The Balaban J connectivity index is 2.24. The highest BCUT2D eigenvalue weighted by molar-refractivity contribution is 6.21. The van der Waals surface area contributed by atoms with E-state index in [1.807, 2.05) is 48.5 Å². The van der Waals surface area contributed by atoms with E-state index in [-0.39, 0.29) is 5.91 Å². The third-order valence-corrected chi connectivity index (χ3v) is 2.94. The summed E-state index contributed by atoms with van der Waals surface area (Å²) in [4.78, 5) is 16.8. The molecule has 3 heteroatoms. The van der Waals surface area contributed by atoms with Crippen LogP contribution in [0.5, 0.6) is 5.75 Å². The Kier molecular flexibility index (Phi) is 2.38. The molecule has 1 aliphatic rings. The number of hydrogen-bond acceptors (Lipinski definition) is 2. The molecule has 0 bridgehead atoms. The van der Waals surface area contributed by atoms with Gasteiger partial charge < -0.3 is 4.84 Å². The number of carbonyl (C=O) groups excluding carboxylic acids is 1. The van der Waals surface area contributed by atoms with Crippen LogP contribution < -0.4 is 10.3 Å². The van der Waals surface area contributed by atoms with E-state index in [1.54, 1.807) is 0 Å². The first-order chi connectivity index (χ1) is 8.77.